The normalized spacial score (nSPS) is 10.5. The fourth-order valence-electron chi connectivity index (χ4n) is 0.911. The molecule has 0 saturated heterocycles. The third-order valence-electron chi connectivity index (χ3n) is 2.10. The molecule has 0 bridgehead atoms. The fourth-order valence-corrected chi connectivity index (χ4v) is 0.911. The molecule has 96 valence electrons. The van der Waals surface area contributed by atoms with Crippen LogP contribution in [0.15, 0.2) is 0 Å². The summed E-state index contributed by atoms with van der Waals surface area (Å²) in [6, 6.07) is 0. The zero-order valence-corrected chi connectivity index (χ0v) is 13.2. The maximum Gasteiger partial charge on any atom is 1.00 e. The third kappa shape index (κ3) is 25.9. The first kappa shape index (κ1) is 22.1. The summed E-state index contributed by atoms with van der Waals surface area (Å²) in [6.07, 6.45) is 4.62. The van der Waals surface area contributed by atoms with Gasteiger partial charge in [0, 0.05) is 0 Å². The average Bonchev–Trinajstić information content (AvgIpc) is 2.23. The minimum atomic E-state index is -1.08. The Morgan fingerprint density at radius 2 is 1.53 bits per heavy atom. The Morgan fingerprint density at radius 1 is 1.12 bits per heavy atom. The Kier molecular flexibility index (Phi) is 20.8. The van der Waals surface area contributed by atoms with Crippen molar-refractivity contribution in [2.45, 2.75) is 52.4 Å². The van der Waals surface area contributed by atoms with E-state index < -0.39 is 11.9 Å². The summed E-state index contributed by atoms with van der Waals surface area (Å²) in [4.78, 5) is 19.3. The van der Waals surface area contributed by atoms with Crippen LogP contribution in [-0.2, 0) is 9.59 Å². The van der Waals surface area contributed by atoms with Gasteiger partial charge in [0.25, 0.3) is 0 Å². The number of aliphatic carboxylic acids is 2. The topological polar surface area (TPSA) is 74.6 Å². The number of hydrogen-bond acceptors (Lipinski definition) is 2. The Labute approximate surface area is 126 Å². The van der Waals surface area contributed by atoms with Gasteiger partial charge in [-0.2, -0.15) is 5.92 Å². The Bertz CT molecular complexity index is 181. The van der Waals surface area contributed by atoms with Crippen molar-refractivity contribution in [3.63, 3.8) is 0 Å². The molecular formula is C12H23NaO4. The van der Waals surface area contributed by atoms with E-state index in [1.54, 1.807) is 0 Å². The van der Waals surface area contributed by atoms with Gasteiger partial charge in [0.1, 0.15) is 0 Å². The van der Waals surface area contributed by atoms with Gasteiger partial charge in [-0.3, -0.25) is 9.59 Å². The molecule has 0 aromatic rings. The molecule has 4 nitrogen and oxygen atoms in total. The molecule has 0 spiro atoms. The summed E-state index contributed by atoms with van der Waals surface area (Å²) in [5.41, 5.74) is 0. The van der Waals surface area contributed by atoms with Gasteiger partial charge in [0.05, 0.1) is 12.8 Å². The second kappa shape index (κ2) is 15.9. The number of rotatable bonds is 7. The monoisotopic (exact) mass is 254 g/mol. The quantitative estimate of drug-likeness (QED) is 0.494. The van der Waals surface area contributed by atoms with Gasteiger partial charge >= 0.3 is 41.5 Å². The second-order valence-corrected chi connectivity index (χ2v) is 3.70. The zero-order chi connectivity index (χ0) is 13.0. The van der Waals surface area contributed by atoms with Crippen LogP contribution < -0.4 is 29.6 Å². The van der Waals surface area contributed by atoms with E-state index in [9.17, 15) is 9.59 Å². The molecule has 0 amide bonds. The molecule has 0 aliphatic rings. The van der Waals surface area contributed by atoms with Crippen molar-refractivity contribution in [3.8, 4) is 0 Å². The van der Waals surface area contributed by atoms with Crippen molar-refractivity contribution in [1.82, 2.24) is 0 Å². The molecule has 1 atom stereocenters. The van der Waals surface area contributed by atoms with Gasteiger partial charge in [-0.1, -0.05) is 39.5 Å². The summed E-state index contributed by atoms with van der Waals surface area (Å²) in [6.45, 7) is 8.42. The SMILES string of the molecule is O=C(O)CCC(=O)O.[CH2-]C(CC)CCCC.[Na+]. The van der Waals surface area contributed by atoms with Crippen LogP contribution in [0.3, 0.4) is 0 Å². The van der Waals surface area contributed by atoms with E-state index in [2.05, 4.69) is 20.8 Å². The van der Waals surface area contributed by atoms with Gasteiger partial charge in [-0.25, -0.2) is 0 Å². The van der Waals surface area contributed by atoms with E-state index in [-0.39, 0.29) is 42.4 Å². The van der Waals surface area contributed by atoms with Crippen molar-refractivity contribution in [3.05, 3.63) is 6.92 Å². The number of hydrogen-bond donors (Lipinski definition) is 2. The zero-order valence-electron chi connectivity index (χ0n) is 11.2. The molecule has 0 aliphatic carbocycles. The van der Waals surface area contributed by atoms with Crippen LogP contribution in [0.5, 0.6) is 0 Å². The van der Waals surface area contributed by atoms with Crippen molar-refractivity contribution >= 4 is 11.9 Å². The smallest absolute Gasteiger partial charge is 0.481 e. The van der Waals surface area contributed by atoms with Crippen molar-refractivity contribution in [2.24, 2.45) is 5.92 Å². The molecule has 0 aromatic carbocycles. The Morgan fingerprint density at radius 3 is 1.76 bits per heavy atom. The number of carbonyl (C=O) groups is 2. The number of carboxylic acid groups (broad SMARTS) is 2. The molecule has 0 aliphatic heterocycles. The van der Waals surface area contributed by atoms with E-state index >= 15 is 0 Å². The van der Waals surface area contributed by atoms with Crippen LogP contribution in [-0.4, -0.2) is 22.2 Å². The van der Waals surface area contributed by atoms with E-state index in [1.807, 2.05) is 0 Å². The minimum absolute atomic E-state index is 0. The minimum Gasteiger partial charge on any atom is -0.481 e. The molecule has 0 saturated carbocycles. The van der Waals surface area contributed by atoms with E-state index in [0.29, 0.717) is 5.92 Å². The fraction of sp³-hybridized carbons (Fsp3) is 0.750. The van der Waals surface area contributed by atoms with Crippen LogP contribution in [0, 0.1) is 12.8 Å². The van der Waals surface area contributed by atoms with Gasteiger partial charge < -0.3 is 17.1 Å². The first-order valence-electron chi connectivity index (χ1n) is 5.70. The largest absolute Gasteiger partial charge is 1.00 e. The number of carboxylic acids is 2. The molecule has 17 heavy (non-hydrogen) atoms. The van der Waals surface area contributed by atoms with Gasteiger partial charge in [-0.05, 0) is 0 Å². The van der Waals surface area contributed by atoms with E-state index in [1.165, 1.54) is 25.7 Å². The van der Waals surface area contributed by atoms with E-state index in [0.717, 1.165) is 0 Å². The Hall–Kier alpha value is -0.0600. The molecule has 0 fully saturated rings. The Balaban J connectivity index is -0.000000218. The average molecular weight is 254 g/mol. The van der Waals surface area contributed by atoms with Crippen LogP contribution in [0.2, 0.25) is 0 Å². The summed E-state index contributed by atoms with van der Waals surface area (Å²) < 4.78 is 0. The number of unbranched alkanes of at least 4 members (excludes halogenated alkanes) is 1. The maximum absolute atomic E-state index is 9.64. The molecule has 1 unspecified atom stereocenters. The molecule has 0 heterocycles. The maximum atomic E-state index is 9.64. The standard InChI is InChI=1S/C8H17.C4H6O4.Na/c1-4-6-7-8(3)5-2;5-3(6)1-2-4(7)8;/h8H,3-7H2,1-2H3;1-2H2,(H,5,6)(H,7,8);/q-1;;+1. The van der Waals surface area contributed by atoms with Crippen LogP contribution in [0.4, 0.5) is 0 Å². The molecule has 2 N–H and O–H groups in total. The van der Waals surface area contributed by atoms with E-state index in [4.69, 9.17) is 10.2 Å². The third-order valence-corrected chi connectivity index (χ3v) is 2.10. The summed E-state index contributed by atoms with van der Waals surface area (Å²) in [7, 11) is 0. The van der Waals surface area contributed by atoms with Crippen molar-refractivity contribution in [1.29, 1.82) is 0 Å². The van der Waals surface area contributed by atoms with Crippen molar-refractivity contribution in [2.75, 3.05) is 0 Å². The van der Waals surface area contributed by atoms with Crippen LogP contribution >= 0.6 is 0 Å². The van der Waals surface area contributed by atoms with Gasteiger partial charge in [-0.15, -0.1) is 0 Å². The predicted octanol–water partition coefficient (Wildman–Crippen LogP) is -0.0233. The van der Waals surface area contributed by atoms with Crippen LogP contribution in [0.1, 0.15) is 52.4 Å². The summed E-state index contributed by atoms with van der Waals surface area (Å²) >= 11 is 0. The molecule has 0 radical (unpaired) electrons. The predicted molar refractivity (Wildman–Crippen MR) is 63.2 cm³/mol. The first-order valence-corrected chi connectivity index (χ1v) is 5.70. The molecule has 5 heteroatoms. The summed E-state index contributed by atoms with van der Waals surface area (Å²) in [5.74, 6) is -1.45. The van der Waals surface area contributed by atoms with Crippen LogP contribution in [0.25, 0.3) is 0 Å². The molecule has 0 rings (SSSR count). The molecular weight excluding hydrogens is 231 g/mol. The first-order chi connectivity index (χ1) is 7.43. The van der Waals surface area contributed by atoms with Gasteiger partial charge in [0.2, 0.25) is 0 Å². The molecule has 0 aromatic heterocycles. The summed E-state index contributed by atoms with van der Waals surface area (Å²) in [5, 5.41) is 15.8. The van der Waals surface area contributed by atoms with Gasteiger partial charge in [0.15, 0.2) is 0 Å². The second-order valence-electron chi connectivity index (χ2n) is 3.70. The van der Waals surface area contributed by atoms with Crippen molar-refractivity contribution < 1.29 is 49.4 Å².